The molecule has 0 aliphatic carbocycles. The number of rotatable bonds is 89. The summed E-state index contributed by atoms with van der Waals surface area (Å²) in [5.41, 5.74) is 0. The average Bonchev–Trinajstić information content (AvgIpc) is 0.914. The molecule has 0 bridgehead atoms. The smallest absolute Gasteiger partial charge is 0.756 e. The first-order valence-electron chi connectivity index (χ1n) is 46.7. The molecular weight excluding hydrogens is 1550 g/mol. The number of nitrogens with one attached hydrogen (secondary N) is 5. The van der Waals surface area contributed by atoms with Crippen LogP contribution in [0.5, 0.6) is 0 Å². The minimum atomic E-state index is -5.04. The maximum Gasteiger partial charge on any atom is 1.00 e. The summed E-state index contributed by atoms with van der Waals surface area (Å²) in [6.07, 6.45) is 62.6. The number of ether oxygens (including phenoxy) is 4. The van der Waals surface area contributed by atoms with Gasteiger partial charge in [-0.1, -0.05) is 291 Å². The van der Waals surface area contributed by atoms with Crippen molar-refractivity contribution in [2.75, 3.05) is 79.5 Å². The number of phosphoric ester groups is 2. The van der Waals surface area contributed by atoms with Crippen molar-refractivity contribution in [3.8, 4) is 0 Å². The normalized spacial score (nSPS) is 13.9. The fourth-order valence-electron chi connectivity index (χ4n) is 13.6. The maximum atomic E-state index is 13.7. The van der Waals surface area contributed by atoms with Crippen molar-refractivity contribution in [2.24, 2.45) is 5.92 Å². The Kier molecular flexibility index (Phi) is 91.2. The molecule has 0 aromatic rings. The molecule has 0 heterocycles. The third-order valence-electron chi connectivity index (χ3n) is 20.7. The van der Waals surface area contributed by atoms with Crippen LogP contribution in [0, 0.1) is 5.92 Å². The van der Waals surface area contributed by atoms with Crippen molar-refractivity contribution >= 4 is 51.2 Å². The van der Waals surface area contributed by atoms with Crippen molar-refractivity contribution in [2.45, 2.75) is 432 Å². The number of amides is 4. The Morgan fingerprint density at radius 2 is 0.624 bits per heavy atom. The molecule has 23 nitrogen and oxygen atoms in total. The van der Waals surface area contributed by atoms with Crippen molar-refractivity contribution in [3.05, 3.63) is 24.3 Å². The van der Waals surface area contributed by atoms with Gasteiger partial charge in [-0.25, -0.2) is 0 Å². The molecule has 0 aromatic heterocycles. The fraction of sp³-hybridized carbons (Fsp3) is 0.889. The molecule has 117 heavy (non-hydrogen) atoms. The van der Waals surface area contributed by atoms with Crippen molar-refractivity contribution in [1.29, 1.82) is 0 Å². The van der Waals surface area contributed by atoms with Crippen LogP contribution in [-0.4, -0.2) is 139 Å². The van der Waals surface area contributed by atoms with Gasteiger partial charge in [0.1, 0.15) is 18.1 Å². The molecular formula is C90H171N5Na2O18P2. The van der Waals surface area contributed by atoms with E-state index in [1.165, 1.54) is 141 Å². The second-order valence-electron chi connectivity index (χ2n) is 31.8. The minimum Gasteiger partial charge on any atom is -0.756 e. The Bertz CT molecular complexity index is 2310. The summed E-state index contributed by atoms with van der Waals surface area (Å²) < 4.78 is 71.8. The molecule has 676 valence electrons. The van der Waals surface area contributed by atoms with Crippen LogP contribution < -0.4 is 95.5 Å². The molecule has 0 aromatic carbocycles. The van der Waals surface area contributed by atoms with E-state index < -0.39 is 71.9 Å². The van der Waals surface area contributed by atoms with E-state index in [0.717, 1.165) is 128 Å². The van der Waals surface area contributed by atoms with Crippen molar-refractivity contribution in [3.63, 3.8) is 0 Å². The number of carbonyl (C=O) groups excluding carboxylic acids is 6. The molecule has 5 N–H and O–H groups in total. The zero-order valence-electron chi connectivity index (χ0n) is 76.0. The Balaban J connectivity index is -0.0000650. The van der Waals surface area contributed by atoms with Gasteiger partial charge in [0.15, 0.2) is 0 Å². The molecule has 0 aliphatic heterocycles. The summed E-state index contributed by atoms with van der Waals surface area (Å²) in [5, 5.41) is 14.0. The van der Waals surface area contributed by atoms with Crippen LogP contribution in [0.25, 0.3) is 0 Å². The molecule has 0 rings (SSSR count). The molecule has 0 saturated heterocycles. The first-order chi connectivity index (χ1) is 55.9. The maximum absolute atomic E-state index is 13.7. The van der Waals surface area contributed by atoms with E-state index in [9.17, 15) is 47.7 Å². The van der Waals surface area contributed by atoms with Crippen molar-refractivity contribution in [1.82, 2.24) is 26.6 Å². The van der Waals surface area contributed by atoms with Gasteiger partial charge in [-0.05, 0) is 116 Å². The van der Waals surface area contributed by atoms with E-state index in [-0.39, 0.29) is 154 Å². The van der Waals surface area contributed by atoms with E-state index in [2.05, 4.69) is 92.4 Å². The van der Waals surface area contributed by atoms with Gasteiger partial charge >= 0.3 is 71.1 Å². The Morgan fingerprint density at radius 1 is 0.325 bits per heavy atom. The Labute approximate surface area is 757 Å². The SMILES string of the molecule is CCCCCC/C=C\CCCC(=O)OC(CCCCCCC)CCOCC(COP(=O)([O-])OCCNC(=O)C(CCCCNC)C(=O)NCCOP(=O)([O-])OCC(COCCC(CCCCCCC)OC(=O)CCC/C=C\CCCCCC)NC(=O)CCCCCCCCCCCCC)NC(=O)CCCCCCCCCCCCC.[Na+].[Na+]. The van der Waals surface area contributed by atoms with Gasteiger partial charge in [-0.3, -0.25) is 37.9 Å². The van der Waals surface area contributed by atoms with Crippen molar-refractivity contribution < 1.29 is 144 Å². The molecule has 0 fully saturated rings. The molecule has 0 spiro atoms. The third kappa shape index (κ3) is 82.4. The molecule has 6 unspecified atom stereocenters. The molecule has 0 aliphatic rings. The zero-order valence-corrected chi connectivity index (χ0v) is 81.8. The fourth-order valence-corrected chi connectivity index (χ4v) is 15.1. The summed E-state index contributed by atoms with van der Waals surface area (Å²) >= 11 is 0. The number of unbranched alkanes of at least 4 members (excludes halogenated alkanes) is 39. The largest absolute Gasteiger partial charge is 1.00 e. The van der Waals surface area contributed by atoms with Gasteiger partial charge in [-0.2, -0.15) is 0 Å². The minimum absolute atomic E-state index is 0. The first-order valence-corrected chi connectivity index (χ1v) is 49.6. The van der Waals surface area contributed by atoms with E-state index in [1.54, 1.807) is 7.05 Å². The summed E-state index contributed by atoms with van der Waals surface area (Å²) in [5.74, 6) is -3.71. The Hall–Kier alpha value is -1.60. The summed E-state index contributed by atoms with van der Waals surface area (Å²) in [7, 11) is -8.30. The van der Waals surface area contributed by atoms with E-state index in [1.807, 2.05) is 0 Å². The predicted octanol–water partition coefficient (Wildman–Crippen LogP) is 14.4. The van der Waals surface area contributed by atoms with Gasteiger partial charge < -0.3 is 73.4 Å². The standard InChI is InChI=1S/C90H173N5O18P2.2Na/c1-8-14-20-26-30-34-36-40-42-48-54-63-85(96)94-80(76-106-72-67-82(60-52-46-24-18-12-5)112-87(98)65-56-50-44-38-32-28-22-16-10-3)78-110-114(102,103)108-74-70-92-89(100)84(62-58-59-69-91-7)90(101)93-71-75-109-115(104,105)111-79-81(95-86(97)64-55-49-43-41-37-35-31-27-21-15-9-2)77-107-73-68-83(61-53-47-25-19-13-6)113-88(99)66-57-51-45-39-33-29-23-17-11-4;;/h38-39,44-45,80-84,91H,8-37,40-43,46-79H2,1-7H3,(H,92,100)(H,93,101)(H,94,96)(H,95,97)(H,102,103)(H,104,105);;/q;2*+1/p-2/b44-38-,45-39-;;. The molecule has 0 radical (unpaired) electrons. The number of hydrogen-bond acceptors (Lipinski definition) is 19. The number of carbonyl (C=O) groups is 6. The van der Waals surface area contributed by atoms with Crippen LogP contribution in [0.4, 0.5) is 0 Å². The molecule has 0 saturated carbocycles. The predicted molar refractivity (Wildman–Crippen MR) is 463 cm³/mol. The molecule has 6 atom stereocenters. The van der Waals surface area contributed by atoms with Gasteiger partial charge in [-0.15, -0.1) is 0 Å². The topological polar surface area (TPSA) is 317 Å². The van der Waals surface area contributed by atoms with E-state index in [4.69, 9.17) is 37.0 Å². The quantitative estimate of drug-likeness (QED) is 0.00943. The Morgan fingerprint density at radius 3 is 0.957 bits per heavy atom. The second kappa shape index (κ2) is 89.2. The molecule has 27 heteroatoms. The summed E-state index contributed by atoms with van der Waals surface area (Å²) in [4.78, 5) is 107. The van der Waals surface area contributed by atoms with Gasteiger partial charge in [0.05, 0.1) is 64.9 Å². The summed E-state index contributed by atoms with van der Waals surface area (Å²) in [6, 6.07) is -1.76. The van der Waals surface area contributed by atoms with Crippen LogP contribution in [-0.2, 0) is 74.9 Å². The monoisotopic (exact) mass is 1720 g/mol. The molecule has 4 amide bonds. The second-order valence-corrected chi connectivity index (χ2v) is 34.6. The van der Waals surface area contributed by atoms with Crippen LogP contribution in [0.15, 0.2) is 24.3 Å². The van der Waals surface area contributed by atoms with Crippen LogP contribution in [0.3, 0.4) is 0 Å². The van der Waals surface area contributed by atoms with Gasteiger partial charge in [0.2, 0.25) is 23.6 Å². The van der Waals surface area contributed by atoms with Gasteiger partial charge in [0, 0.05) is 51.6 Å². The van der Waals surface area contributed by atoms with Crippen LogP contribution in [0.2, 0.25) is 0 Å². The summed E-state index contributed by atoms with van der Waals surface area (Å²) in [6.45, 7) is 11.2. The van der Waals surface area contributed by atoms with Gasteiger partial charge in [0.25, 0.3) is 15.6 Å². The number of esters is 2. The average molecular weight is 1720 g/mol. The first kappa shape index (κ1) is 120. The number of allylic oxidation sites excluding steroid dienone is 4. The zero-order chi connectivity index (χ0) is 84.5. The third-order valence-corrected chi connectivity index (χ3v) is 22.6. The van der Waals surface area contributed by atoms with Crippen LogP contribution in [0.1, 0.15) is 408 Å². The number of phosphoric acid groups is 2. The van der Waals surface area contributed by atoms with E-state index >= 15 is 0 Å². The van der Waals surface area contributed by atoms with E-state index in [0.29, 0.717) is 83.6 Å². The number of hydrogen-bond donors (Lipinski definition) is 5. The van der Waals surface area contributed by atoms with Crippen LogP contribution >= 0.6 is 15.6 Å².